The van der Waals surface area contributed by atoms with Gasteiger partial charge in [-0.15, -0.1) is 0 Å². The van der Waals surface area contributed by atoms with E-state index < -0.39 is 0 Å². The third-order valence-electron chi connectivity index (χ3n) is 4.47. The van der Waals surface area contributed by atoms with E-state index in [0.717, 1.165) is 51.9 Å². The van der Waals surface area contributed by atoms with Gasteiger partial charge in [-0.1, -0.05) is 0 Å². The Morgan fingerprint density at radius 3 is 3.11 bits per heavy atom. The van der Waals surface area contributed by atoms with E-state index >= 15 is 0 Å². The highest BCUT2D eigenvalue weighted by molar-refractivity contribution is 5.77. The molecule has 0 aromatic carbocycles. The molecular formula is C14H27N3O2. The summed E-state index contributed by atoms with van der Waals surface area (Å²) in [6, 6.07) is 0.877. The molecule has 5 heteroatoms. The molecular weight excluding hydrogens is 242 g/mol. The molecule has 5 nitrogen and oxygen atoms in total. The second-order valence-corrected chi connectivity index (χ2v) is 5.80. The number of carbonyl (C=O) groups is 1. The Hall–Kier alpha value is -0.650. The van der Waals surface area contributed by atoms with Crippen LogP contribution >= 0.6 is 0 Å². The second kappa shape index (κ2) is 7.22. The number of amides is 1. The summed E-state index contributed by atoms with van der Waals surface area (Å²) in [4.78, 5) is 14.0. The third kappa shape index (κ3) is 3.91. The van der Waals surface area contributed by atoms with Gasteiger partial charge in [-0.05, 0) is 38.1 Å². The smallest absolute Gasteiger partial charge is 0.220 e. The highest BCUT2D eigenvalue weighted by atomic mass is 16.5. The van der Waals surface area contributed by atoms with Crippen molar-refractivity contribution in [2.45, 2.75) is 44.2 Å². The van der Waals surface area contributed by atoms with E-state index in [9.17, 15) is 4.79 Å². The highest BCUT2D eigenvalue weighted by Gasteiger charge is 2.35. The van der Waals surface area contributed by atoms with E-state index in [4.69, 9.17) is 10.5 Å². The van der Waals surface area contributed by atoms with Crippen LogP contribution in [0.25, 0.3) is 0 Å². The number of nitrogens with zero attached hydrogens (tertiary/aromatic N) is 1. The van der Waals surface area contributed by atoms with Crippen molar-refractivity contribution in [2.24, 2.45) is 11.7 Å². The summed E-state index contributed by atoms with van der Waals surface area (Å²) in [5, 5.41) is 3.14. The number of piperidine rings is 2. The van der Waals surface area contributed by atoms with Gasteiger partial charge < -0.3 is 15.8 Å². The first kappa shape index (κ1) is 14.8. The zero-order valence-corrected chi connectivity index (χ0v) is 11.9. The molecule has 19 heavy (non-hydrogen) atoms. The number of methoxy groups -OCH3 is 1. The highest BCUT2D eigenvalue weighted by Crippen LogP contribution is 2.27. The molecule has 0 radical (unpaired) electrons. The van der Waals surface area contributed by atoms with Crippen LogP contribution in [0.4, 0.5) is 0 Å². The van der Waals surface area contributed by atoms with E-state index in [1.54, 1.807) is 7.11 Å². The van der Waals surface area contributed by atoms with Gasteiger partial charge in [-0.2, -0.15) is 0 Å². The second-order valence-electron chi connectivity index (χ2n) is 5.80. The fraction of sp³-hybridized carbons (Fsp3) is 0.929. The van der Waals surface area contributed by atoms with Crippen LogP contribution in [0, 0.1) is 5.92 Å². The van der Waals surface area contributed by atoms with Gasteiger partial charge in [0.2, 0.25) is 5.91 Å². The number of carbonyl (C=O) groups excluding carboxylic acids is 1. The maximum Gasteiger partial charge on any atom is 0.220 e. The Kier molecular flexibility index (Phi) is 5.60. The average molecular weight is 269 g/mol. The largest absolute Gasteiger partial charge is 0.383 e. The molecule has 1 amide bonds. The molecule has 0 saturated carbocycles. The predicted octanol–water partition coefficient (Wildman–Crippen LogP) is 0.341. The number of nitrogens with two attached hydrogens (primary N) is 1. The average Bonchev–Trinajstić information content (AvgIpc) is 2.43. The normalized spacial score (nSPS) is 29.7. The van der Waals surface area contributed by atoms with Crippen LogP contribution in [-0.2, 0) is 9.53 Å². The van der Waals surface area contributed by atoms with Crippen molar-refractivity contribution in [1.82, 2.24) is 10.2 Å². The van der Waals surface area contributed by atoms with Gasteiger partial charge in [0, 0.05) is 38.7 Å². The van der Waals surface area contributed by atoms with E-state index in [-0.39, 0.29) is 5.91 Å². The van der Waals surface area contributed by atoms with Gasteiger partial charge in [0.25, 0.3) is 0 Å². The minimum Gasteiger partial charge on any atom is -0.383 e. The Bertz CT molecular complexity index is 298. The number of nitrogens with one attached hydrogen (secondary N) is 1. The predicted molar refractivity (Wildman–Crippen MR) is 74.8 cm³/mol. The molecule has 2 heterocycles. The molecule has 3 unspecified atom stereocenters. The van der Waals surface area contributed by atoms with Gasteiger partial charge in [-0.25, -0.2) is 0 Å². The SMILES string of the molecule is COCC(CCCN)N1CCC2NC(=O)CCC2C1. The van der Waals surface area contributed by atoms with Crippen LogP contribution in [0.1, 0.15) is 32.1 Å². The fourth-order valence-electron chi connectivity index (χ4n) is 3.39. The zero-order valence-electron chi connectivity index (χ0n) is 11.9. The molecule has 0 aromatic rings. The first-order valence-corrected chi connectivity index (χ1v) is 7.47. The Labute approximate surface area is 115 Å². The van der Waals surface area contributed by atoms with Crippen molar-refractivity contribution in [3.8, 4) is 0 Å². The lowest BCUT2D eigenvalue weighted by atomic mass is 9.84. The zero-order chi connectivity index (χ0) is 13.7. The third-order valence-corrected chi connectivity index (χ3v) is 4.47. The molecule has 0 spiro atoms. The van der Waals surface area contributed by atoms with Gasteiger partial charge in [-0.3, -0.25) is 9.69 Å². The van der Waals surface area contributed by atoms with Crippen LogP contribution in [-0.4, -0.2) is 56.2 Å². The first-order chi connectivity index (χ1) is 9.24. The van der Waals surface area contributed by atoms with Crippen molar-refractivity contribution in [1.29, 1.82) is 0 Å². The lowest BCUT2D eigenvalue weighted by Gasteiger charge is -2.44. The summed E-state index contributed by atoms with van der Waals surface area (Å²) >= 11 is 0. The molecule has 2 saturated heterocycles. The molecule has 110 valence electrons. The minimum absolute atomic E-state index is 0.228. The van der Waals surface area contributed by atoms with Gasteiger partial charge in [0.15, 0.2) is 0 Å². The van der Waals surface area contributed by atoms with Crippen molar-refractivity contribution in [3.05, 3.63) is 0 Å². The molecule has 2 aliphatic heterocycles. The Morgan fingerprint density at radius 1 is 1.53 bits per heavy atom. The van der Waals surface area contributed by atoms with E-state index in [2.05, 4.69) is 10.2 Å². The summed E-state index contributed by atoms with van der Waals surface area (Å²) < 4.78 is 5.36. The van der Waals surface area contributed by atoms with Gasteiger partial charge in [0.05, 0.1) is 6.61 Å². The molecule has 0 aliphatic carbocycles. The molecule has 3 atom stereocenters. The van der Waals surface area contributed by atoms with E-state index in [1.165, 1.54) is 0 Å². The lowest BCUT2D eigenvalue weighted by molar-refractivity contribution is -0.125. The van der Waals surface area contributed by atoms with E-state index in [0.29, 0.717) is 24.4 Å². The maximum absolute atomic E-state index is 11.4. The Morgan fingerprint density at radius 2 is 2.37 bits per heavy atom. The summed E-state index contributed by atoms with van der Waals surface area (Å²) in [6.45, 7) is 3.67. The van der Waals surface area contributed by atoms with E-state index in [1.807, 2.05) is 0 Å². The van der Waals surface area contributed by atoms with Crippen molar-refractivity contribution in [2.75, 3.05) is 33.4 Å². The van der Waals surface area contributed by atoms with Crippen molar-refractivity contribution in [3.63, 3.8) is 0 Å². The van der Waals surface area contributed by atoms with Gasteiger partial charge >= 0.3 is 0 Å². The number of hydrogen-bond acceptors (Lipinski definition) is 4. The minimum atomic E-state index is 0.228. The summed E-state index contributed by atoms with van der Waals surface area (Å²) in [6.07, 6.45) is 4.94. The number of rotatable bonds is 6. The topological polar surface area (TPSA) is 67.6 Å². The number of hydrogen-bond donors (Lipinski definition) is 2. The summed E-state index contributed by atoms with van der Waals surface area (Å²) in [5.74, 6) is 0.843. The van der Waals surface area contributed by atoms with Crippen LogP contribution in [0.3, 0.4) is 0 Å². The summed E-state index contributed by atoms with van der Waals surface area (Å²) in [7, 11) is 1.77. The maximum atomic E-state index is 11.4. The van der Waals surface area contributed by atoms with Crippen LogP contribution in [0.5, 0.6) is 0 Å². The standard InChI is InChI=1S/C14H27N3O2/c1-19-10-12(3-2-7-15)17-8-6-13-11(9-17)4-5-14(18)16-13/h11-13H,2-10,15H2,1H3,(H,16,18). The molecule has 2 fully saturated rings. The number of fused-ring (bicyclic) bond motifs is 1. The first-order valence-electron chi connectivity index (χ1n) is 7.47. The summed E-state index contributed by atoms with van der Waals surface area (Å²) in [5.41, 5.74) is 5.62. The molecule has 0 bridgehead atoms. The molecule has 3 N–H and O–H groups in total. The van der Waals surface area contributed by atoms with Gasteiger partial charge in [0.1, 0.15) is 0 Å². The van der Waals surface area contributed by atoms with Crippen molar-refractivity contribution < 1.29 is 9.53 Å². The fourth-order valence-corrected chi connectivity index (χ4v) is 3.39. The molecule has 2 rings (SSSR count). The van der Waals surface area contributed by atoms with Crippen LogP contribution < -0.4 is 11.1 Å². The monoisotopic (exact) mass is 269 g/mol. The number of likely N-dealkylation sites (tertiary alicyclic amines) is 1. The molecule has 2 aliphatic rings. The number of ether oxygens (including phenoxy) is 1. The van der Waals surface area contributed by atoms with Crippen LogP contribution in [0.15, 0.2) is 0 Å². The quantitative estimate of drug-likeness (QED) is 0.730. The van der Waals surface area contributed by atoms with Crippen LogP contribution in [0.2, 0.25) is 0 Å². The molecule has 0 aromatic heterocycles. The lowest BCUT2D eigenvalue weighted by Crippen LogP contribution is -2.56. The Balaban J connectivity index is 1.88. The van der Waals surface area contributed by atoms with Crippen molar-refractivity contribution >= 4 is 5.91 Å².